The Morgan fingerprint density at radius 1 is 1.47 bits per heavy atom. The first-order chi connectivity index (χ1) is 9.20. The maximum absolute atomic E-state index is 12.0. The van der Waals surface area contributed by atoms with Gasteiger partial charge in [-0.1, -0.05) is 0 Å². The molecule has 0 atom stereocenters. The van der Waals surface area contributed by atoms with E-state index in [0.717, 1.165) is 18.7 Å². The van der Waals surface area contributed by atoms with Gasteiger partial charge in [-0.25, -0.2) is 4.98 Å². The summed E-state index contributed by atoms with van der Waals surface area (Å²) in [6.45, 7) is 6.06. The quantitative estimate of drug-likeness (QED) is 0.795. The Labute approximate surface area is 112 Å². The van der Waals surface area contributed by atoms with E-state index < -0.39 is 0 Å². The molecular weight excluding hydrogens is 242 g/mol. The molecule has 19 heavy (non-hydrogen) atoms. The highest BCUT2D eigenvalue weighted by Gasteiger charge is 2.11. The van der Waals surface area contributed by atoms with Gasteiger partial charge in [0.1, 0.15) is 5.69 Å². The molecule has 0 spiro atoms. The summed E-state index contributed by atoms with van der Waals surface area (Å²) in [7, 11) is 0. The second-order valence-corrected chi connectivity index (χ2v) is 4.40. The average Bonchev–Trinajstić information content (AvgIpc) is 3.03. The number of carbonyl (C=O) groups is 1. The molecule has 0 aliphatic rings. The van der Waals surface area contributed by atoms with Gasteiger partial charge in [0.15, 0.2) is 0 Å². The summed E-state index contributed by atoms with van der Waals surface area (Å²) in [4.78, 5) is 16.0. The van der Waals surface area contributed by atoms with E-state index >= 15 is 0 Å². The van der Waals surface area contributed by atoms with Crippen molar-refractivity contribution in [2.24, 2.45) is 0 Å². The second-order valence-electron chi connectivity index (χ2n) is 4.40. The van der Waals surface area contributed by atoms with Crippen LogP contribution in [0, 0.1) is 6.92 Å². The lowest BCUT2D eigenvalue weighted by Crippen LogP contribution is -2.27. The molecule has 2 aromatic rings. The van der Waals surface area contributed by atoms with Crippen LogP contribution in [-0.2, 0) is 13.1 Å². The van der Waals surface area contributed by atoms with Crippen LogP contribution in [0.25, 0.3) is 0 Å². The smallest absolute Gasteiger partial charge is 0.269 e. The highest BCUT2D eigenvalue weighted by atomic mass is 16.2. The number of aryl methyl sites for hydroxylation is 3. The third kappa shape index (κ3) is 3.43. The van der Waals surface area contributed by atoms with Gasteiger partial charge in [-0.2, -0.15) is 5.10 Å². The van der Waals surface area contributed by atoms with Gasteiger partial charge in [0.05, 0.1) is 12.0 Å². The SMILES string of the molecule is CCn1nc(C)cc1C(=O)NCCCn1ccnc1. The Balaban J connectivity index is 1.80. The number of imidazole rings is 1. The standard InChI is InChI=1S/C13H19N5O/c1-3-18-12(9-11(2)16-18)13(19)15-5-4-7-17-8-6-14-10-17/h6,8-10H,3-5,7H2,1-2H3,(H,15,19). The van der Waals surface area contributed by atoms with Crippen LogP contribution in [0.15, 0.2) is 24.8 Å². The number of nitrogens with one attached hydrogen (secondary N) is 1. The summed E-state index contributed by atoms with van der Waals surface area (Å²) < 4.78 is 3.72. The van der Waals surface area contributed by atoms with Crippen LogP contribution in [0.4, 0.5) is 0 Å². The summed E-state index contributed by atoms with van der Waals surface area (Å²) in [6, 6.07) is 1.81. The van der Waals surface area contributed by atoms with Gasteiger partial charge >= 0.3 is 0 Å². The minimum atomic E-state index is -0.0620. The molecule has 0 aliphatic carbocycles. The number of aromatic nitrogens is 4. The largest absolute Gasteiger partial charge is 0.351 e. The summed E-state index contributed by atoms with van der Waals surface area (Å²) >= 11 is 0. The molecule has 0 saturated carbocycles. The number of carbonyl (C=O) groups excluding carboxylic acids is 1. The molecular formula is C13H19N5O. The van der Waals surface area contributed by atoms with Crippen molar-refractivity contribution in [2.45, 2.75) is 33.4 Å². The predicted molar refractivity (Wildman–Crippen MR) is 71.8 cm³/mol. The minimum absolute atomic E-state index is 0.0620. The lowest BCUT2D eigenvalue weighted by molar-refractivity contribution is 0.0942. The molecule has 0 aromatic carbocycles. The van der Waals surface area contributed by atoms with Crippen LogP contribution in [0.1, 0.15) is 29.5 Å². The lowest BCUT2D eigenvalue weighted by atomic mass is 10.3. The fraction of sp³-hybridized carbons (Fsp3) is 0.462. The predicted octanol–water partition coefficient (Wildman–Crippen LogP) is 1.23. The maximum atomic E-state index is 12.0. The van der Waals surface area contributed by atoms with Crippen molar-refractivity contribution in [3.05, 3.63) is 36.2 Å². The Bertz CT molecular complexity index is 529. The van der Waals surface area contributed by atoms with Crippen molar-refractivity contribution in [3.63, 3.8) is 0 Å². The van der Waals surface area contributed by atoms with E-state index in [4.69, 9.17) is 0 Å². The number of rotatable bonds is 6. The molecule has 0 fully saturated rings. The summed E-state index contributed by atoms with van der Waals surface area (Å²) in [5, 5.41) is 7.18. The molecule has 6 heteroatoms. The molecule has 0 bridgehead atoms. The van der Waals surface area contributed by atoms with Crippen LogP contribution < -0.4 is 5.32 Å². The van der Waals surface area contributed by atoms with Crippen LogP contribution in [0.2, 0.25) is 0 Å². The zero-order valence-corrected chi connectivity index (χ0v) is 11.3. The second kappa shape index (κ2) is 6.17. The monoisotopic (exact) mass is 261 g/mol. The molecule has 102 valence electrons. The van der Waals surface area contributed by atoms with Crippen molar-refractivity contribution < 1.29 is 4.79 Å². The molecule has 6 nitrogen and oxygen atoms in total. The molecule has 2 heterocycles. The zero-order valence-electron chi connectivity index (χ0n) is 11.3. The lowest BCUT2D eigenvalue weighted by Gasteiger charge is -2.07. The van der Waals surface area contributed by atoms with Crippen LogP contribution in [-0.4, -0.2) is 31.8 Å². The van der Waals surface area contributed by atoms with Gasteiger partial charge < -0.3 is 9.88 Å². The Kier molecular flexibility index (Phi) is 4.33. The fourth-order valence-electron chi connectivity index (χ4n) is 1.94. The normalized spacial score (nSPS) is 10.6. The Morgan fingerprint density at radius 3 is 3.00 bits per heavy atom. The third-order valence-corrected chi connectivity index (χ3v) is 2.87. The van der Waals surface area contributed by atoms with Gasteiger partial charge in [-0.05, 0) is 26.3 Å². The summed E-state index contributed by atoms with van der Waals surface area (Å²) in [6.07, 6.45) is 6.32. The molecule has 0 radical (unpaired) electrons. The van der Waals surface area contributed by atoms with E-state index in [1.165, 1.54) is 0 Å². The zero-order chi connectivity index (χ0) is 13.7. The number of hydrogen-bond donors (Lipinski definition) is 1. The van der Waals surface area contributed by atoms with E-state index in [1.54, 1.807) is 17.2 Å². The van der Waals surface area contributed by atoms with E-state index in [-0.39, 0.29) is 5.91 Å². The Morgan fingerprint density at radius 2 is 2.32 bits per heavy atom. The molecule has 1 amide bonds. The summed E-state index contributed by atoms with van der Waals surface area (Å²) in [5.41, 5.74) is 1.49. The number of hydrogen-bond acceptors (Lipinski definition) is 3. The molecule has 0 aliphatic heterocycles. The van der Waals surface area contributed by atoms with Gasteiger partial charge in [-0.15, -0.1) is 0 Å². The average molecular weight is 261 g/mol. The first kappa shape index (κ1) is 13.3. The van der Waals surface area contributed by atoms with Crippen LogP contribution in [0.5, 0.6) is 0 Å². The summed E-state index contributed by atoms with van der Waals surface area (Å²) in [5.74, 6) is -0.0620. The van der Waals surface area contributed by atoms with E-state index in [1.807, 2.05) is 30.7 Å². The topological polar surface area (TPSA) is 64.7 Å². The van der Waals surface area contributed by atoms with Crippen molar-refractivity contribution >= 4 is 5.91 Å². The van der Waals surface area contributed by atoms with E-state index in [9.17, 15) is 4.79 Å². The highest BCUT2D eigenvalue weighted by Crippen LogP contribution is 2.03. The molecule has 0 unspecified atom stereocenters. The molecule has 2 aromatic heterocycles. The van der Waals surface area contributed by atoms with Crippen molar-refractivity contribution in [3.8, 4) is 0 Å². The van der Waals surface area contributed by atoms with Crippen LogP contribution in [0.3, 0.4) is 0 Å². The van der Waals surface area contributed by atoms with E-state index in [0.29, 0.717) is 18.8 Å². The van der Waals surface area contributed by atoms with Crippen LogP contribution >= 0.6 is 0 Å². The van der Waals surface area contributed by atoms with Gasteiger partial charge in [0, 0.05) is 32.0 Å². The first-order valence-corrected chi connectivity index (χ1v) is 6.49. The Hall–Kier alpha value is -2.11. The number of nitrogens with zero attached hydrogens (tertiary/aromatic N) is 4. The van der Waals surface area contributed by atoms with E-state index in [2.05, 4.69) is 15.4 Å². The number of amides is 1. The van der Waals surface area contributed by atoms with Crippen molar-refractivity contribution in [1.82, 2.24) is 24.6 Å². The third-order valence-electron chi connectivity index (χ3n) is 2.87. The van der Waals surface area contributed by atoms with Gasteiger partial charge in [0.2, 0.25) is 0 Å². The molecule has 0 saturated heterocycles. The van der Waals surface area contributed by atoms with Gasteiger partial charge in [-0.3, -0.25) is 9.48 Å². The van der Waals surface area contributed by atoms with Crippen molar-refractivity contribution in [1.29, 1.82) is 0 Å². The molecule has 1 N–H and O–H groups in total. The molecule has 2 rings (SSSR count). The minimum Gasteiger partial charge on any atom is -0.351 e. The maximum Gasteiger partial charge on any atom is 0.269 e. The van der Waals surface area contributed by atoms with Gasteiger partial charge in [0.25, 0.3) is 5.91 Å². The van der Waals surface area contributed by atoms with Crippen molar-refractivity contribution in [2.75, 3.05) is 6.54 Å². The highest BCUT2D eigenvalue weighted by molar-refractivity contribution is 5.92. The first-order valence-electron chi connectivity index (χ1n) is 6.49. The fourth-order valence-corrected chi connectivity index (χ4v) is 1.94.